The van der Waals surface area contributed by atoms with E-state index in [9.17, 15) is 4.79 Å². The highest BCUT2D eigenvalue weighted by Crippen LogP contribution is 2.43. The molecule has 2 N–H and O–H groups in total. The van der Waals surface area contributed by atoms with E-state index in [2.05, 4.69) is 10.6 Å². The number of carbonyl (C=O) groups excluding carboxylic acids is 1. The summed E-state index contributed by atoms with van der Waals surface area (Å²) in [5.74, 6) is 0.996. The van der Waals surface area contributed by atoms with E-state index in [4.69, 9.17) is 14.2 Å². The second kappa shape index (κ2) is 11.6. The maximum absolute atomic E-state index is 13.8. The summed E-state index contributed by atoms with van der Waals surface area (Å²) in [7, 11) is 3.14. The standard InChI is InChI=1S/C31H33N3O4/c1-31(2,3)38-30(35)34(26-20-24(16-18-28(26)36-4)32-22-12-8-6-9-13-22)27-21-25(17-19-29(27)37-5)33-23-14-10-7-11-15-23/h6-21,32-33H,1-5H3. The van der Waals surface area contributed by atoms with Crippen molar-refractivity contribution in [3.05, 3.63) is 97.1 Å². The van der Waals surface area contributed by atoms with Crippen LogP contribution in [0.5, 0.6) is 11.5 Å². The third-order valence-electron chi connectivity index (χ3n) is 5.54. The minimum atomic E-state index is -0.727. The van der Waals surface area contributed by atoms with Gasteiger partial charge < -0.3 is 24.8 Å². The van der Waals surface area contributed by atoms with Crippen LogP contribution in [0.4, 0.5) is 38.9 Å². The van der Waals surface area contributed by atoms with E-state index < -0.39 is 11.7 Å². The van der Waals surface area contributed by atoms with E-state index >= 15 is 0 Å². The maximum Gasteiger partial charge on any atom is 0.419 e. The van der Waals surface area contributed by atoms with Crippen LogP contribution in [0, 0.1) is 0 Å². The monoisotopic (exact) mass is 511 g/mol. The molecule has 0 radical (unpaired) electrons. The molecule has 0 aromatic heterocycles. The van der Waals surface area contributed by atoms with Crippen LogP contribution >= 0.6 is 0 Å². The first kappa shape index (κ1) is 26.4. The van der Waals surface area contributed by atoms with Gasteiger partial charge >= 0.3 is 6.09 Å². The number of amides is 1. The van der Waals surface area contributed by atoms with Crippen molar-refractivity contribution in [3.63, 3.8) is 0 Å². The molecule has 0 spiro atoms. The van der Waals surface area contributed by atoms with Gasteiger partial charge in [-0.2, -0.15) is 0 Å². The summed E-state index contributed by atoms with van der Waals surface area (Å²) in [5.41, 5.74) is 3.65. The number of methoxy groups -OCH3 is 2. The summed E-state index contributed by atoms with van der Waals surface area (Å²) >= 11 is 0. The molecule has 0 aliphatic rings. The SMILES string of the molecule is COc1ccc(Nc2ccccc2)cc1N(C(=O)OC(C)(C)C)c1cc(Nc2ccccc2)ccc1OC. The molecule has 0 atom stereocenters. The van der Waals surface area contributed by atoms with Crippen molar-refractivity contribution < 1.29 is 19.0 Å². The molecule has 0 saturated heterocycles. The Morgan fingerprint density at radius 3 is 1.42 bits per heavy atom. The predicted molar refractivity (Wildman–Crippen MR) is 154 cm³/mol. The largest absolute Gasteiger partial charge is 0.495 e. The predicted octanol–water partition coefficient (Wildman–Crippen LogP) is 8.26. The molecule has 0 unspecified atom stereocenters. The first-order chi connectivity index (χ1) is 18.3. The normalized spacial score (nSPS) is 10.9. The van der Waals surface area contributed by atoms with Crippen molar-refractivity contribution in [2.45, 2.75) is 26.4 Å². The van der Waals surface area contributed by atoms with Crippen LogP contribution in [-0.2, 0) is 4.74 Å². The second-order valence-electron chi connectivity index (χ2n) is 9.57. The van der Waals surface area contributed by atoms with E-state index in [-0.39, 0.29) is 0 Å². The van der Waals surface area contributed by atoms with Gasteiger partial charge in [0.15, 0.2) is 0 Å². The van der Waals surface area contributed by atoms with E-state index in [0.29, 0.717) is 22.9 Å². The summed E-state index contributed by atoms with van der Waals surface area (Å²) in [6, 6.07) is 30.7. The quantitative estimate of drug-likeness (QED) is 0.248. The summed E-state index contributed by atoms with van der Waals surface area (Å²) in [5, 5.41) is 6.77. The van der Waals surface area contributed by atoms with Gasteiger partial charge in [0.1, 0.15) is 17.1 Å². The lowest BCUT2D eigenvalue weighted by atomic mass is 10.1. The lowest BCUT2D eigenvalue weighted by Gasteiger charge is -2.30. The van der Waals surface area contributed by atoms with E-state index in [1.165, 1.54) is 4.90 Å². The number of hydrogen-bond acceptors (Lipinski definition) is 6. The average Bonchev–Trinajstić information content (AvgIpc) is 2.89. The van der Waals surface area contributed by atoms with Gasteiger partial charge in [-0.05, 0) is 81.4 Å². The zero-order valence-electron chi connectivity index (χ0n) is 22.3. The van der Waals surface area contributed by atoms with Crippen LogP contribution in [0.15, 0.2) is 97.1 Å². The zero-order chi connectivity index (χ0) is 27.1. The van der Waals surface area contributed by atoms with Crippen LogP contribution in [0.3, 0.4) is 0 Å². The van der Waals surface area contributed by atoms with Gasteiger partial charge in [0.2, 0.25) is 0 Å². The lowest BCUT2D eigenvalue weighted by Crippen LogP contribution is -2.34. The fourth-order valence-corrected chi connectivity index (χ4v) is 3.90. The third kappa shape index (κ3) is 6.56. The van der Waals surface area contributed by atoms with Gasteiger partial charge in [-0.1, -0.05) is 36.4 Å². The first-order valence-electron chi connectivity index (χ1n) is 12.3. The maximum atomic E-state index is 13.8. The van der Waals surface area contributed by atoms with Crippen LogP contribution < -0.4 is 25.0 Å². The number of rotatable bonds is 8. The fourth-order valence-electron chi connectivity index (χ4n) is 3.90. The van der Waals surface area contributed by atoms with Crippen LogP contribution in [0.1, 0.15) is 20.8 Å². The molecule has 38 heavy (non-hydrogen) atoms. The van der Waals surface area contributed by atoms with Crippen molar-refractivity contribution in [2.75, 3.05) is 29.8 Å². The number of ether oxygens (including phenoxy) is 3. The van der Waals surface area contributed by atoms with Crippen molar-refractivity contribution in [1.29, 1.82) is 0 Å². The molecule has 196 valence electrons. The molecule has 4 aromatic carbocycles. The number of para-hydroxylation sites is 2. The Bertz CT molecular complexity index is 1280. The Morgan fingerprint density at radius 1 is 0.632 bits per heavy atom. The van der Waals surface area contributed by atoms with Crippen LogP contribution in [0.2, 0.25) is 0 Å². The average molecular weight is 512 g/mol. The fraction of sp³-hybridized carbons (Fsp3) is 0.194. The lowest BCUT2D eigenvalue weighted by molar-refractivity contribution is 0.0597. The Balaban J connectivity index is 1.84. The molecule has 0 saturated carbocycles. The molecule has 7 nitrogen and oxygen atoms in total. The van der Waals surface area contributed by atoms with E-state index in [1.807, 2.05) is 118 Å². The minimum Gasteiger partial charge on any atom is -0.495 e. The van der Waals surface area contributed by atoms with Gasteiger partial charge in [-0.3, -0.25) is 0 Å². The molecular formula is C31H33N3O4. The molecule has 0 bridgehead atoms. The number of nitrogens with zero attached hydrogens (tertiary/aromatic N) is 1. The molecule has 0 fully saturated rings. The van der Waals surface area contributed by atoms with Crippen molar-refractivity contribution in [3.8, 4) is 11.5 Å². The number of anilines is 6. The summed E-state index contributed by atoms with van der Waals surface area (Å²) < 4.78 is 17.3. The molecule has 4 rings (SSSR count). The molecule has 1 amide bonds. The molecule has 0 aliphatic heterocycles. The first-order valence-corrected chi connectivity index (χ1v) is 12.3. The van der Waals surface area contributed by atoms with Crippen LogP contribution in [0.25, 0.3) is 0 Å². The number of hydrogen-bond donors (Lipinski definition) is 2. The van der Waals surface area contributed by atoms with E-state index in [1.54, 1.807) is 14.2 Å². The summed E-state index contributed by atoms with van der Waals surface area (Å²) in [6.45, 7) is 5.49. The summed E-state index contributed by atoms with van der Waals surface area (Å²) in [4.78, 5) is 15.3. The minimum absolute atomic E-state index is 0.498. The number of nitrogens with one attached hydrogen (secondary N) is 2. The van der Waals surface area contributed by atoms with Crippen molar-refractivity contribution in [2.24, 2.45) is 0 Å². The van der Waals surface area contributed by atoms with Gasteiger partial charge in [-0.15, -0.1) is 0 Å². The topological polar surface area (TPSA) is 72.1 Å². The van der Waals surface area contributed by atoms with Crippen LogP contribution in [-0.4, -0.2) is 25.9 Å². The van der Waals surface area contributed by atoms with Crippen molar-refractivity contribution in [1.82, 2.24) is 0 Å². The highest BCUT2D eigenvalue weighted by atomic mass is 16.6. The van der Waals surface area contributed by atoms with E-state index in [0.717, 1.165) is 22.7 Å². The molecule has 0 heterocycles. The molecule has 0 aliphatic carbocycles. The third-order valence-corrected chi connectivity index (χ3v) is 5.54. The highest BCUT2D eigenvalue weighted by Gasteiger charge is 2.30. The Morgan fingerprint density at radius 2 is 1.05 bits per heavy atom. The van der Waals surface area contributed by atoms with Gasteiger partial charge in [0, 0.05) is 22.7 Å². The zero-order valence-corrected chi connectivity index (χ0v) is 22.3. The Kier molecular flexibility index (Phi) is 8.06. The second-order valence-corrected chi connectivity index (χ2v) is 9.57. The molecule has 7 heteroatoms. The van der Waals surface area contributed by atoms with Gasteiger partial charge in [0.25, 0.3) is 0 Å². The van der Waals surface area contributed by atoms with Gasteiger partial charge in [-0.25, -0.2) is 9.69 Å². The smallest absolute Gasteiger partial charge is 0.419 e. The number of carbonyl (C=O) groups is 1. The van der Waals surface area contributed by atoms with Crippen molar-refractivity contribution >= 4 is 40.2 Å². The molecule has 4 aromatic rings. The number of benzene rings is 4. The Labute approximate surface area is 224 Å². The molecular weight excluding hydrogens is 478 g/mol. The highest BCUT2D eigenvalue weighted by molar-refractivity contribution is 6.00. The summed E-state index contributed by atoms with van der Waals surface area (Å²) in [6.07, 6.45) is -0.567. The van der Waals surface area contributed by atoms with Gasteiger partial charge in [0.05, 0.1) is 25.6 Å². The Hall–Kier alpha value is -4.65.